The number of aliphatic carboxylic acids is 1. The molecule has 52 valence electrons. The third-order valence-electron chi connectivity index (χ3n) is 1.07. The predicted molar refractivity (Wildman–Crippen MR) is 29.1 cm³/mol. The van der Waals surface area contributed by atoms with Crippen molar-refractivity contribution in [2.75, 3.05) is 7.11 Å². The minimum Gasteiger partial charge on any atom is -0.479 e. The van der Waals surface area contributed by atoms with Crippen LogP contribution < -0.4 is 0 Å². The number of hydrogen-bond donors (Lipinski definition) is 1. The van der Waals surface area contributed by atoms with E-state index in [1.165, 1.54) is 14.0 Å². The van der Waals surface area contributed by atoms with Crippen LogP contribution in [0.3, 0.4) is 0 Å². The second-order valence-corrected chi connectivity index (χ2v) is 1.73. The molecule has 0 aliphatic heterocycles. The van der Waals surface area contributed by atoms with Gasteiger partial charge in [-0.15, -0.1) is 0 Å². The fraction of sp³-hybridized carbons (Fsp3) is 0.600. The molecular formula is C5H8O4. The number of carbonyl (C=O) groups is 2. The summed E-state index contributed by atoms with van der Waals surface area (Å²) in [4.78, 5) is 20.1. The first-order chi connectivity index (χ1) is 4.06. The van der Waals surface area contributed by atoms with Crippen LogP contribution in [0.5, 0.6) is 0 Å². The Kier molecular flexibility index (Phi) is 2.33. The van der Waals surface area contributed by atoms with Gasteiger partial charge in [-0.25, -0.2) is 4.79 Å². The summed E-state index contributed by atoms with van der Waals surface area (Å²) in [6.07, 6.45) is 0.245. The maximum Gasteiger partial charge on any atom is 0.343 e. The summed E-state index contributed by atoms with van der Waals surface area (Å²) < 4.78 is 4.38. The molecule has 0 amide bonds. The highest BCUT2D eigenvalue weighted by atomic mass is 16.5. The molecule has 1 unspecified atom stereocenters. The Morgan fingerprint density at radius 1 is 1.78 bits per heavy atom. The first-order valence-electron chi connectivity index (χ1n) is 2.31. The summed E-state index contributed by atoms with van der Waals surface area (Å²) in [5.74, 6) is -1.28. The molecule has 1 atom stereocenters. The van der Waals surface area contributed by atoms with Crippen LogP contribution in [0.15, 0.2) is 0 Å². The maximum atomic E-state index is 10.1. The number of carbonyl (C=O) groups excluding carboxylic acids is 1. The molecule has 0 aliphatic carbocycles. The molecule has 0 rings (SSSR count). The standard InChI is InChI=1S/C5H8O4/c1-5(3-6,9-2)4(7)8/h3H,1-2H3,(H,7,8). The number of rotatable bonds is 3. The summed E-state index contributed by atoms with van der Waals surface area (Å²) in [6.45, 7) is 1.18. The van der Waals surface area contributed by atoms with Crippen molar-refractivity contribution in [1.29, 1.82) is 0 Å². The molecule has 1 N–H and O–H groups in total. The van der Waals surface area contributed by atoms with Gasteiger partial charge in [0.1, 0.15) is 0 Å². The monoisotopic (exact) mass is 132 g/mol. The number of hydrogen-bond acceptors (Lipinski definition) is 3. The van der Waals surface area contributed by atoms with E-state index in [2.05, 4.69) is 4.74 Å². The fourth-order valence-corrected chi connectivity index (χ4v) is 0.186. The number of ether oxygens (including phenoxy) is 1. The van der Waals surface area contributed by atoms with Crippen molar-refractivity contribution >= 4 is 12.3 Å². The van der Waals surface area contributed by atoms with Crippen LogP contribution in [0.2, 0.25) is 0 Å². The van der Waals surface area contributed by atoms with Gasteiger partial charge in [-0.3, -0.25) is 4.79 Å². The van der Waals surface area contributed by atoms with Gasteiger partial charge in [0.05, 0.1) is 0 Å². The lowest BCUT2D eigenvalue weighted by Crippen LogP contribution is -2.38. The van der Waals surface area contributed by atoms with Crippen LogP contribution in [0, 0.1) is 0 Å². The normalized spacial score (nSPS) is 16.2. The highest BCUT2D eigenvalue weighted by Gasteiger charge is 2.31. The van der Waals surface area contributed by atoms with Crippen molar-refractivity contribution in [2.24, 2.45) is 0 Å². The maximum absolute atomic E-state index is 10.1. The van der Waals surface area contributed by atoms with Crippen molar-refractivity contribution in [3.63, 3.8) is 0 Å². The van der Waals surface area contributed by atoms with E-state index in [0.29, 0.717) is 0 Å². The van der Waals surface area contributed by atoms with E-state index >= 15 is 0 Å². The van der Waals surface area contributed by atoms with Gasteiger partial charge in [0, 0.05) is 7.11 Å². The molecule has 0 heterocycles. The Morgan fingerprint density at radius 3 is 2.22 bits per heavy atom. The minimum absolute atomic E-state index is 0.245. The van der Waals surface area contributed by atoms with E-state index in [1.54, 1.807) is 0 Å². The topological polar surface area (TPSA) is 63.6 Å². The van der Waals surface area contributed by atoms with Crippen LogP contribution in [-0.2, 0) is 14.3 Å². The number of methoxy groups -OCH3 is 1. The van der Waals surface area contributed by atoms with Gasteiger partial charge >= 0.3 is 5.97 Å². The van der Waals surface area contributed by atoms with Crippen molar-refractivity contribution in [2.45, 2.75) is 12.5 Å². The Hall–Kier alpha value is -0.900. The lowest BCUT2D eigenvalue weighted by molar-refractivity contribution is -0.161. The Balaban J connectivity index is 4.27. The predicted octanol–water partition coefficient (Wildman–Crippen LogP) is -0.325. The summed E-state index contributed by atoms with van der Waals surface area (Å²) in [7, 11) is 1.17. The van der Waals surface area contributed by atoms with E-state index in [0.717, 1.165) is 0 Å². The fourth-order valence-electron chi connectivity index (χ4n) is 0.186. The molecule has 0 spiro atoms. The van der Waals surface area contributed by atoms with Gasteiger partial charge in [0.25, 0.3) is 0 Å². The van der Waals surface area contributed by atoms with Crippen LogP contribution in [0.1, 0.15) is 6.92 Å². The molecule has 0 aromatic heterocycles. The van der Waals surface area contributed by atoms with Crippen LogP contribution in [-0.4, -0.2) is 30.1 Å². The van der Waals surface area contributed by atoms with Crippen molar-refractivity contribution in [1.82, 2.24) is 0 Å². The SMILES string of the molecule is COC(C)(C=O)C(=O)O. The molecule has 0 saturated heterocycles. The number of carboxylic acids is 1. The zero-order valence-corrected chi connectivity index (χ0v) is 5.25. The molecule has 0 bridgehead atoms. The van der Waals surface area contributed by atoms with Gasteiger partial charge in [-0.2, -0.15) is 0 Å². The Bertz CT molecular complexity index is 131. The lowest BCUT2D eigenvalue weighted by atomic mass is 10.1. The van der Waals surface area contributed by atoms with Gasteiger partial charge in [-0.05, 0) is 6.92 Å². The van der Waals surface area contributed by atoms with Gasteiger partial charge < -0.3 is 9.84 Å². The van der Waals surface area contributed by atoms with Crippen LogP contribution in [0.25, 0.3) is 0 Å². The Labute approximate surface area is 52.4 Å². The van der Waals surface area contributed by atoms with Crippen molar-refractivity contribution in [3.05, 3.63) is 0 Å². The largest absolute Gasteiger partial charge is 0.479 e. The number of aldehydes is 1. The second-order valence-electron chi connectivity index (χ2n) is 1.73. The molecule has 9 heavy (non-hydrogen) atoms. The first-order valence-corrected chi connectivity index (χ1v) is 2.31. The van der Waals surface area contributed by atoms with Gasteiger partial charge in [0.2, 0.25) is 5.60 Å². The lowest BCUT2D eigenvalue weighted by Gasteiger charge is -2.13. The molecule has 4 nitrogen and oxygen atoms in total. The van der Waals surface area contributed by atoms with E-state index < -0.39 is 11.6 Å². The minimum atomic E-state index is -1.68. The summed E-state index contributed by atoms with van der Waals surface area (Å²) in [5, 5.41) is 8.28. The molecule has 0 saturated carbocycles. The first kappa shape index (κ1) is 8.10. The van der Waals surface area contributed by atoms with Crippen molar-refractivity contribution in [3.8, 4) is 0 Å². The third-order valence-corrected chi connectivity index (χ3v) is 1.07. The molecule has 0 aromatic rings. The van der Waals surface area contributed by atoms with Gasteiger partial charge in [-0.1, -0.05) is 0 Å². The second kappa shape index (κ2) is 2.59. The summed E-state index contributed by atoms with van der Waals surface area (Å²) in [5.41, 5.74) is -1.68. The van der Waals surface area contributed by atoms with E-state index in [9.17, 15) is 9.59 Å². The van der Waals surface area contributed by atoms with E-state index in [1.807, 2.05) is 0 Å². The zero-order chi connectivity index (χ0) is 7.49. The smallest absolute Gasteiger partial charge is 0.343 e. The quantitative estimate of drug-likeness (QED) is 0.422. The number of carboxylic acid groups (broad SMARTS) is 1. The Morgan fingerprint density at radius 2 is 2.22 bits per heavy atom. The van der Waals surface area contributed by atoms with Crippen LogP contribution in [0.4, 0.5) is 0 Å². The van der Waals surface area contributed by atoms with Crippen LogP contribution >= 0.6 is 0 Å². The van der Waals surface area contributed by atoms with E-state index in [-0.39, 0.29) is 6.29 Å². The highest BCUT2D eigenvalue weighted by Crippen LogP contribution is 2.03. The third kappa shape index (κ3) is 1.50. The van der Waals surface area contributed by atoms with Gasteiger partial charge in [0.15, 0.2) is 6.29 Å². The summed E-state index contributed by atoms with van der Waals surface area (Å²) >= 11 is 0. The summed E-state index contributed by atoms with van der Waals surface area (Å²) in [6, 6.07) is 0. The molecule has 4 heteroatoms. The molecule has 0 radical (unpaired) electrons. The highest BCUT2D eigenvalue weighted by molar-refractivity contribution is 5.94. The zero-order valence-electron chi connectivity index (χ0n) is 5.25. The average molecular weight is 132 g/mol. The van der Waals surface area contributed by atoms with Crippen molar-refractivity contribution < 1.29 is 19.4 Å². The molecule has 0 fully saturated rings. The molecular weight excluding hydrogens is 124 g/mol. The molecule has 0 aliphatic rings. The van der Waals surface area contributed by atoms with E-state index in [4.69, 9.17) is 5.11 Å². The average Bonchev–Trinajstić information content (AvgIpc) is 1.86. The molecule has 0 aromatic carbocycles.